The normalized spacial score (nSPS) is 11.0. The Hall–Kier alpha value is -2.87. The fourth-order valence-electron chi connectivity index (χ4n) is 2.05. The number of carbonyl (C=O) groups excluding carboxylic acids is 2. The van der Waals surface area contributed by atoms with Gasteiger partial charge in [0.25, 0.3) is 10.0 Å². The number of aryl methyl sites for hydroxylation is 1. The van der Waals surface area contributed by atoms with Gasteiger partial charge in [0.1, 0.15) is 0 Å². The Kier molecular flexibility index (Phi) is 4.37. The molecule has 0 bridgehead atoms. The highest BCUT2D eigenvalue weighted by Gasteiger charge is 2.29. The monoisotopic (exact) mass is 333 g/mol. The summed E-state index contributed by atoms with van der Waals surface area (Å²) in [7, 11) is -4.21. The molecule has 2 rings (SSSR count). The van der Waals surface area contributed by atoms with Crippen molar-refractivity contribution < 1.29 is 18.0 Å². The van der Waals surface area contributed by atoms with Crippen molar-refractivity contribution in [2.24, 2.45) is 11.5 Å². The number of anilines is 1. The van der Waals surface area contributed by atoms with Crippen LogP contribution in [0.3, 0.4) is 0 Å². The Morgan fingerprint density at radius 3 is 2.22 bits per heavy atom. The van der Waals surface area contributed by atoms with Crippen LogP contribution in [0.5, 0.6) is 0 Å². The number of urea groups is 1. The van der Waals surface area contributed by atoms with Crippen LogP contribution in [0, 0.1) is 6.92 Å². The SMILES string of the molecule is Cc1cccc(S(=O)(=O)N(C(N)=O)c2cccc(C(N)=O)c2)c1. The molecule has 0 heterocycles. The van der Waals surface area contributed by atoms with E-state index in [1.165, 1.54) is 36.4 Å². The third-order valence-electron chi connectivity index (χ3n) is 3.09. The molecular weight excluding hydrogens is 318 g/mol. The highest BCUT2D eigenvalue weighted by Crippen LogP contribution is 2.25. The zero-order chi connectivity index (χ0) is 17.2. The summed E-state index contributed by atoms with van der Waals surface area (Å²) in [5.41, 5.74) is 11.1. The zero-order valence-electron chi connectivity index (χ0n) is 12.3. The second kappa shape index (κ2) is 6.09. The standard InChI is InChI=1S/C15H15N3O4S/c1-10-4-2-7-13(8-10)23(21,22)18(15(17)20)12-6-3-5-11(9-12)14(16)19/h2-9H,1H3,(H2,16,19)(H2,17,20). The van der Waals surface area contributed by atoms with Gasteiger partial charge < -0.3 is 11.5 Å². The smallest absolute Gasteiger partial charge is 0.333 e. The van der Waals surface area contributed by atoms with Crippen LogP contribution in [0.1, 0.15) is 15.9 Å². The van der Waals surface area contributed by atoms with Gasteiger partial charge in [0.05, 0.1) is 10.6 Å². The van der Waals surface area contributed by atoms with Gasteiger partial charge in [0, 0.05) is 5.56 Å². The van der Waals surface area contributed by atoms with E-state index in [0.717, 1.165) is 0 Å². The zero-order valence-corrected chi connectivity index (χ0v) is 13.1. The van der Waals surface area contributed by atoms with Gasteiger partial charge in [-0.3, -0.25) is 4.79 Å². The van der Waals surface area contributed by atoms with E-state index in [0.29, 0.717) is 9.87 Å². The molecule has 0 saturated carbocycles. The van der Waals surface area contributed by atoms with E-state index in [9.17, 15) is 18.0 Å². The minimum atomic E-state index is -4.21. The highest BCUT2D eigenvalue weighted by atomic mass is 32.2. The molecule has 2 aromatic rings. The predicted octanol–water partition coefficient (Wildman–Crippen LogP) is 1.37. The first-order valence-corrected chi connectivity index (χ1v) is 7.99. The van der Waals surface area contributed by atoms with E-state index in [1.807, 2.05) is 0 Å². The van der Waals surface area contributed by atoms with Crippen LogP contribution in [0.4, 0.5) is 10.5 Å². The Morgan fingerprint density at radius 1 is 1.00 bits per heavy atom. The lowest BCUT2D eigenvalue weighted by Crippen LogP contribution is -2.41. The van der Waals surface area contributed by atoms with Crippen LogP contribution in [0.2, 0.25) is 0 Å². The Bertz CT molecular complexity index is 878. The van der Waals surface area contributed by atoms with Crippen molar-refractivity contribution in [2.75, 3.05) is 4.31 Å². The number of nitrogens with two attached hydrogens (primary N) is 2. The van der Waals surface area contributed by atoms with E-state index in [4.69, 9.17) is 11.5 Å². The van der Waals surface area contributed by atoms with Crippen molar-refractivity contribution >= 4 is 27.6 Å². The largest absolute Gasteiger partial charge is 0.366 e. The molecule has 0 spiro atoms. The molecule has 2 aromatic carbocycles. The van der Waals surface area contributed by atoms with E-state index >= 15 is 0 Å². The maximum Gasteiger partial charge on any atom is 0.333 e. The minimum absolute atomic E-state index is 0.0599. The summed E-state index contributed by atoms with van der Waals surface area (Å²) in [5.74, 6) is -0.746. The minimum Gasteiger partial charge on any atom is -0.366 e. The van der Waals surface area contributed by atoms with Gasteiger partial charge in [-0.15, -0.1) is 0 Å². The molecule has 0 unspecified atom stereocenters. The molecule has 0 aliphatic carbocycles. The molecule has 0 atom stereocenters. The molecule has 0 fully saturated rings. The Morgan fingerprint density at radius 2 is 1.65 bits per heavy atom. The quantitative estimate of drug-likeness (QED) is 0.876. The first-order valence-electron chi connectivity index (χ1n) is 6.55. The van der Waals surface area contributed by atoms with Crippen molar-refractivity contribution in [3.05, 3.63) is 59.7 Å². The van der Waals surface area contributed by atoms with Crippen LogP contribution in [-0.4, -0.2) is 20.4 Å². The predicted molar refractivity (Wildman–Crippen MR) is 85.4 cm³/mol. The summed E-state index contributed by atoms with van der Waals surface area (Å²) in [6.45, 7) is 1.72. The second-order valence-corrected chi connectivity index (χ2v) is 6.63. The number of benzene rings is 2. The lowest BCUT2D eigenvalue weighted by molar-refractivity contribution is 0.1000. The summed E-state index contributed by atoms with van der Waals surface area (Å²) in [4.78, 5) is 22.9. The van der Waals surface area contributed by atoms with Crippen molar-refractivity contribution in [1.29, 1.82) is 0 Å². The topological polar surface area (TPSA) is 124 Å². The molecule has 7 nitrogen and oxygen atoms in total. The van der Waals surface area contributed by atoms with E-state index in [2.05, 4.69) is 0 Å². The van der Waals surface area contributed by atoms with Crippen molar-refractivity contribution in [3.63, 3.8) is 0 Å². The van der Waals surface area contributed by atoms with Crippen LogP contribution in [0.15, 0.2) is 53.4 Å². The summed E-state index contributed by atoms with van der Waals surface area (Å²) in [6, 6.07) is 10.2. The molecule has 23 heavy (non-hydrogen) atoms. The van der Waals surface area contributed by atoms with Crippen molar-refractivity contribution in [1.82, 2.24) is 0 Å². The van der Waals surface area contributed by atoms with Crippen molar-refractivity contribution in [3.8, 4) is 0 Å². The maximum atomic E-state index is 12.7. The average Bonchev–Trinajstić information content (AvgIpc) is 2.47. The molecule has 0 aromatic heterocycles. The second-order valence-electron chi connectivity index (χ2n) is 4.84. The Labute approximate surface area is 133 Å². The molecular formula is C15H15N3O4S. The lowest BCUT2D eigenvalue weighted by Gasteiger charge is -2.21. The van der Waals surface area contributed by atoms with Crippen LogP contribution < -0.4 is 15.8 Å². The molecule has 0 radical (unpaired) electrons. The average molecular weight is 333 g/mol. The fraction of sp³-hybridized carbons (Fsp3) is 0.0667. The molecule has 3 amide bonds. The fourth-order valence-corrected chi connectivity index (χ4v) is 3.48. The summed E-state index contributed by atoms with van der Waals surface area (Å²) in [6.07, 6.45) is 0. The number of rotatable bonds is 4. The first kappa shape index (κ1) is 16.5. The third-order valence-corrected chi connectivity index (χ3v) is 4.81. The number of nitrogens with zero attached hydrogens (tertiary/aromatic N) is 1. The maximum absolute atomic E-state index is 12.7. The van der Waals surface area contributed by atoms with Gasteiger partial charge in [0.2, 0.25) is 5.91 Å². The Balaban J connectivity index is 2.61. The first-order chi connectivity index (χ1) is 10.7. The number of primary amides is 2. The summed E-state index contributed by atoms with van der Waals surface area (Å²) >= 11 is 0. The van der Waals surface area contributed by atoms with Crippen LogP contribution in [0.25, 0.3) is 0 Å². The van der Waals surface area contributed by atoms with E-state index in [-0.39, 0.29) is 16.1 Å². The van der Waals surface area contributed by atoms with E-state index in [1.54, 1.807) is 19.1 Å². The van der Waals surface area contributed by atoms with E-state index < -0.39 is 22.0 Å². The van der Waals surface area contributed by atoms with Gasteiger partial charge in [-0.25, -0.2) is 13.2 Å². The van der Waals surface area contributed by atoms with Crippen LogP contribution >= 0.6 is 0 Å². The summed E-state index contributed by atoms with van der Waals surface area (Å²) < 4.78 is 25.9. The highest BCUT2D eigenvalue weighted by molar-refractivity contribution is 7.93. The lowest BCUT2D eigenvalue weighted by atomic mass is 10.2. The number of amides is 3. The van der Waals surface area contributed by atoms with Crippen molar-refractivity contribution in [2.45, 2.75) is 11.8 Å². The molecule has 4 N–H and O–H groups in total. The molecule has 0 aliphatic heterocycles. The molecule has 0 saturated heterocycles. The number of sulfonamides is 1. The van der Waals surface area contributed by atoms with Gasteiger partial charge >= 0.3 is 6.03 Å². The number of hydrogen-bond donors (Lipinski definition) is 2. The van der Waals surface area contributed by atoms with Gasteiger partial charge in [-0.1, -0.05) is 18.2 Å². The van der Waals surface area contributed by atoms with Crippen LogP contribution in [-0.2, 0) is 10.0 Å². The number of hydrogen-bond acceptors (Lipinski definition) is 4. The van der Waals surface area contributed by atoms with Gasteiger partial charge in [0.15, 0.2) is 0 Å². The summed E-state index contributed by atoms with van der Waals surface area (Å²) in [5, 5.41) is 0. The van der Waals surface area contributed by atoms with Gasteiger partial charge in [-0.2, -0.15) is 4.31 Å². The molecule has 8 heteroatoms. The van der Waals surface area contributed by atoms with Gasteiger partial charge in [-0.05, 0) is 42.8 Å². The molecule has 120 valence electrons. The molecule has 0 aliphatic rings. The number of carbonyl (C=O) groups is 2. The third kappa shape index (κ3) is 3.32.